The summed E-state index contributed by atoms with van der Waals surface area (Å²) in [5, 5.41) is 9.74. The molecule has 0 aliphatic carbocycles. The summed E-state index contributed by atoms with van der Waals surface area (Å²) < 4.78 is 5.09. The first-order chi connectivity index (χ1) is 14.5. The quantitative estimate of drug-likeness (QED) is 0.391. The van der Waals surface area contributed by atoms with E-state index < -0.39 is 5.97 Å². The lowest BCUT2D eigenvalue weighted by Gasteiger charge is -2.29. The third-order valence-electron chi connectivity index (χ3n) is 4.82. The Bertz CT molecular complexity index is 900. The Morgan fingerprint density at radius 1 is 1.13 bits per heavy atom. The second-order valence-electron chi connectivity index (χ2n) is 6.94. The maximum absolute atomic E-state index is 12.2. The molecule has 8 heteroatoms. The molecule has 1 aliphatic rings. The average molecular weight is 411 g/mol. The summed E-state index contributed by atoms with van der Waals surface area (Å²) in [5.74, 6) is -0.936. The van der Waals surface area contributed by atoms with Gasteiger partial charge in [0.05, 0.1) is 23.7 Å². The average Bonchev–Trinajstić information content (AvgIpc) is 2.74. The van der Waals surface area contributed by atoms with E-state index in [4.69, 9.17) is 4.74 Å². The number of amides is 2. The molecule has 0 radical (unpaired) electrons. The number of nitrogens with one attached hydrogen (secondary N) is 1. The summed E-state index contributed by atoms with van der Waals surface area (Å²) in [4.78, 5) is 39.5. The smallest absolute Gasteiger partial charge is 0.325 e. The van der Waals surface area contributed by atoms with Crippen molar-refractivity contribution in [2.75, 3.05) is 28.4 Å². The van der Waals surface area contributed by atoms with Crippen LogP contribution in [0.3, 0.4) is 0 Å². The van der Waals surface area contributed by atoms with Gasteiger partial charge < -0.3 is 9.64 Å². The first kappa shape index (κ1) is 21.3. The largest absolute Gasteiger partial charge is 0.465 e. The highest BCUT2D eigenvalue weighted by molar-refractivity contribution is 6.16. The minimum atomic E-state index is -0.400. The second kappa shape index (κ2) is 9.89. The number of rotatable bonds is 8. The Labute approximate surface area is 175 Å². The van der Waals surface area contributed by atoms with Crippen LogP contribution in [0.2, 0.25) is 0 Å². The standard InChI is InChI=1S/C22H25N3O5/c1-2-30-22(28)15-24(14-16-7-4-3-5-8-16)19-12-11-17(13-18(19)23-29)25-20(26)9-6-10-21(25)27/h3-5,7-8,11-13,23,29H,2,6,9-10,14-15H2,1H3. The highest BCUT2D eigenvalue weighted by atomic mass is 16.5. The summed E-state index contributed by atoms with van der Waals surface area (Å²) in [6, 6.07) is 14.4. The fraction of sp³-hybridized carbons (Fsp3) is 0.318. The molecule has 1 aliphatic heterocycles. The lowest BCUT2D eigenvalue weighted by molar-refractivity contribution is -0.141. The maximum Gasteiger partial charge on any atom is 0.325 e. The molecule has 0 saturated carbocycles. The number of esters is 1. The number of carbonyl (C=O) groups is 3. The molecule has 0 atom stereocenters. The summed E-state index contributed by atoms with van der Waals surface area (Å²) >= 11 is 0. The van der Waals surface area contributed by atoms with Gasteiger partial charge in [-0.15, -0.1) is 0 Å². The van der Waals surface area contributed by atoms with Gasteiger partial charge in [-0.2, -0.15) is 0 Å². The molecule has 3 rings (SSSR count). The van der Waals surface area contributed by atoms with Crippen LogP contribution in [-0.4, -0.2) is 36.1 Å². The Morgan fingerprint density at radius 2 is 1.83 bits per heavy atom. The molecule has 0 spiro atoms. The van der Waals surface area contributed by atoms with E-state index in [9.17, 15) is 19.6 Å². The Morgan fingerprint density at radius 3 is 2.47 bits per heavy atom. The van der Waals surface area contributed by atoms with Crippen molar-refractivity contribution in [1.82, 2.24) is 0 Å². The van der Waals surface area contributed by atoms with Crippen LogP contribution < -0.4 is 15.3 Å². The van der Waals surface area contributed by atoms with Crippen molar-refractivity contribution in [3.8, 4) is 0 Å². The normalized spacial score (nSPS) is 13.9. The van der Waals surface area contributed by atoms with Crippen LogP contribution in [0.15, 0.2) is 48.5 Å². The highest BCUT2D eigenvalue weighted by Gasteiger charge is 2.28. The number of anilines is 3. The molecule has 2 N–H and O–H groups in total. The van der Waals surface area contributed by atoms with Crippen LogP contribution in [0, 0.1) is 0 Å². The molecule has 0 aromatic heterocycles. The van der Waals surface area contributed by atoms with Gasteiger partial charge in [0.25, 0.3) is 0 Å². The molecule has 1 saturated heterocycles. The van der Waals surface area contributed by atoms with E-state index in [1.807, 2.05) is 30.3 Å². The molecule has 158 valence electrons. The molecule has 0 unspecified atom stereocenters. The van der Waals surface area contributed by atoms with Crippen molar-refractivity contribution in [3.05, 3.63) is 54.1 Å². The fourth-order valence-electron chi connectivity index (χ4n) is 3.46. The Kier molecular flexibility index (Phi) is 7.03. The van der Waals surface area contributed by atoms with E-state index in [1.54, 1.807) is 24.0 Å². The molecule has 30 heavy (non-hydrogen) atoms. The molecule has 8 nitrogen and oxygen atoms in total. The molecule has 2 aromatic carbocycles. The molecular formula is C22H25N3O5. The van der Waals surface area contributed by atoms with E-state index in [0.717, 1.165) is 10.5 Å². The summed E-state index contributed by atoms with van der Waals surface area (Å²) in [5.41, 5.74) is 4.29. The van der Waals surface area contributed by atoms with Crippen molar-refractivity contribution >= 4 is 34.8 Å². The maximum atomic E-state index is 12.2. The zero-order chi connectivity index (χ0) is 21.5. The van der Waals surface area contributed by atoms with E-state index in [2.05, 4.69) is 5.48 Å². The molecule has 2 amide bonds. The van der Waals surface area contributed by atoms with Crippen molar-refractivity contribution < 1.29 is 24.3 Å². The van der Waals surface area contributed by atoms with Crippen molar-refractivity contribution in [2.24, 2.45) is 0 Å². The number of hydrogen-bond acceptors (Lipinski definition) is 7. The van der Waals surface area contributed by atoms with Crippen molar-refractivity contribution in [1.29, 1.82) is 0 Å². The van der Waals surface area contributed by atoms with Gasteiger partial charge in [0, 0.05) is 19.4 Å². The van der Waals surface area contributed by atoms with Crippen LogP contribution in [0.4, 0.5) is 17.1 Å². The van der Waals surface area contributed by atoms with Crippen LogP contribution in [0.5, 0.6) is 0 Å². The monoisotopic (exact) mass is 411 g/mol. The highest BCUT2D eigenvalue weighted by Crippen LogP contribution is 2.33. The van der Waals surface area contributed by atoms with Gasteiger partial charge in [0.1, 0.15) is 6.54 Å². The lowest BCUT2D eigenvalue weighted by Crippen LogP contribution is -2.40. The summed E-state index contributed by atoms with van der Waals surface area (Å²) in [6.07, 6.45) is 1.15. The first-order valence-electron chi connectivity index (χ1n) is 9.88. The van der Waals surface area contributed by atoms with Crippen molar-refractivity contribution in [3.63, 3.8) is 0 Å². The van der Waals surface area contributed by atoms with Crippen LogP contribution in [-0.2, 0) is 25.7 Å². The van der Waals surface area contributed by atoms with Crippen LogP contribution in [0.25, 0.3) is 0 Å². The zero-order valence-corrected chi connectivity index (χ0v) is 16.8. The zero-order valence-electron chi connectivity index (χ0n) is 16.8. The van der Waals surface area contributed by atoms with Gasteiger partial charge in [0.15, 0.2) is 0 Å². The summed E-state index contributed by atoms with van der Waals surface area (Å²) in [7, 11) is 0. The van der Waals surface area contributed by atoms with E-state index in [1.165, 1.54) is 6.07 Å². The van der Waals surface area contributed by atoms with Gasteiger partial charge >= 0.3 is 5.97 Å². The SMILES string of the molecule is CCOC(=O)CN(Cc1ccccc1)c1ccc(N2C(=O)CCCC2=O)cc1NO. The fourth-order valence-corrected chi connectivity index (χ4v) is 3.46. The van der Waals surface area contributed by atoms with Gasteiger partial charge in [0.2, 0.25) is 11.8 Å². The lowest BCUT2D eigenvalue weighted by atomic mass is 10.1. The number of hydrogen-bond donors (Lipinski definition) is 2. The Balaban J connectivity index is 1.94. The van der Waals surface area contributed by atoms with Gasteiger partial charge in [-0.3, -0.25) is 30.0 Å². The predicted octanol–water partition coefficient (Wildman–Crippen LogP) is 3.10. The van der Waals surface area contributed by atoms with E-state index in [-0.39, 0.29) is 30.7 Å². The van der Waals surface area contributed by atoms with Crippen LogP contribution in [0.1, 0.15) is 31.7 Å². The number of piperidine rings is 1. The number of benzene rings is 2. The number of carbonyl (C=O) groups excluding carboxylic acids is 3. The third-order valence-corrected chi connectivity index (χ3v) is 4.82. The second-order valence-corrected chi connectivity index (χ2v) is 6.94. The van der Waals surface area contributed by atoms with Crippen molar-refractivity contribution in [2.45, 2.75) is 32.7 Å². The predicted molar refractivity (Wildman–Crippen MR) is 112 cm³/mol. The molecule has 1 fully saturated rings. The van der Waals surface area contributed by atoms with E-state index >= 15 is 0 Å². The van der Waals surface area contributed by atoms with Gasteiger partial charge in [-0.1, -0.05) is 30.3 Å². The number of imide groups is 1. The minimum Gasteiger partial charge on any atom is -0.465 e. The van der Waals surface area contributed by atoms with E-state index in [0.29, 0.717) is 37.2 Å². The first-order valence-corrected chi connectivity index (χ1v) is 9.88. The molecule has 0 bridgehead atoms. The molecule has 2 aromatic rings. The Hall–Kier alpha value is -3.39. The molecule has 1 heterocycles. The third kappa shape index (κ3) is 4.96. The topological polar surface area (TPSA) is 99.2 Å². The van der Waals surface area contributed by atoms with Crippen LogP contribution >= 0.6 is 0 Å². The minimum absolute atomic E-state index is 0.0294. The van der Waals surface area contributed by atoms with Gasteiger partial charge in [-0.05, 0) is 37.1 Å². The number of nitrogens with zero attached hydrogens (tertiary/aromatic N) is 2. The van der Waals surface area contributed by atoms with Gasteiger partial charge in [-0.25, -0.2) is 0 Å². The molecular weight excluding hydrogens is 386 g/mol. The number of ether oxygens (including phenoxy) is 1. The summed E-state index contributed by atoms with van der Waals surface area (Å²) in [6.45, 7) is 2.37.